The van der Waals surface area contributed by atoms with E-state index in [9.17, 15) is 18.0 Å². The van der Waals surface area contributed by atoms with Gasteiger partial charge in [0, 0.05) is 31.1 Å². The normalized spacial score (nSPS) is 28.7. The van der Waals surface area contributed by atoms with Crippen LogP contribution in [0.25, 0.3) is 0 Å². The number of rotatable bonds is 7. The van der Waals surface area contributed by atoms with Gasteiger partial charge in [-0.2, -0.15) is 0 Å². The summed E-state index contributed by atoms with van der Waals surface area (Å²) >= 11 is 0. The molecule has 1 aromatic carbocycles. The summed E-state index contributed by atoms with van der Waals surface area (Å²) in [6.07, 6.45) is 6.80. The van der Waals surface area contributed by atoms with Crippen molar-refractivity contribution >= 4 is 27.5 Å². The number of anilines is 1. The maximum absolute atomic E-state index is 12.8. The average Bonchev–Trinajstić information content (AvgIpc) is 2.76. The summed E-state index contributed by atoms with van der Waals surface area (Å²) in [6.45, 7) is 6.29. The third-order valence-electron chi connectivity index (χ3n) is 7.30. The van der Waals surface area contributed by atoms with Crippen LogP contribution in [0.1, 0.15) is 65.7 Å². The molecule has 0 aliphatic heterocycles. The molecule has 3 rings (SSSR count). The molecular formula is C24H37N3O4S. The van der Waals surface area contributed by atoms with Crippen molar-refractivity contribution in [1.29, 1.82) is 0 Å². The van der Waals surface area contributed by atoms with Gasteiger partial charge in [-0.05, 0) is 74.1 Å². The standard InChI is InChI=1S/C24H37N3O4S/c1-16-5-4-6-23(17(16)2)27-24(29)20-9-7-19(8-10-20)15-25-32(30,31)22-13-11-21(12-14-22)26-18(3)28/h11-14,16-17,19-20,23,25H,4-10,15H2,1-3H3,(H,26,28)(H,27,29)/t16-,17-,19?,20?,23+/m0/s1. The van der Waals surface area contributed by atoms with Crippen LogP contribution in [0.3, 0.4) is 0 Å². The van der Waals surface area contributed by atoms with Gasteiger partial charge < -0.3 is 10.6 Å². The Bertz CT molecular complexity index is 892. The maximum atomic E-state index is 12.8. The molecule has 0 unspecified atom stereocenters. The van der Waals surface area contributed by atoms with Gasteiger partial charge in [-0.15, -0.1) is 0 Å². The van der Waals surface area contributed by atoms with Crippen molar-refractivity contribution < 1.29 is 18.0 Å². The highest BCUT2D eigenvalue weighted by atomic mass is 32.2. The van der Waals surface area contributed by atoms with Crippen molar-refractivity contribution in [3.63, 3.8) is 0 Å². The summed E-state index contributed by atoms with van der Waals surface area (Å²) in [5.74, 6) is 1.42. The minimum Gasteiger partial charge on any atom is -0.353 e. The van der Waals surface area contributed by atoms with Crippen molar-refractivity contribution in [3.8, 4) is 0 Å². The zero-order valence-electron chi connectivity index (χ0n) is 19.4. The van der Waals surface area contributed by atoms with E-state index >= 15 is 0 Å². The number of carbonyl (C=O) groups excluding carboxylic acids is 2. The summed E-state index contributed by atoms with van der Waals surface area (Å²) in [5.41, 5.74) is 0.560. The highest BCUT2D eigenvalue weighted by Gasteiger charge is 2.32. The maximum Gasteiger partial charge on any atom is 0.240 e. The molecule has 2 aliphatic rings. The molecule has 0 radical (unpaired) electrons. The number of amides is 2. The highest BCUT2D eigenvalue weighted by Crippen LogP contribution is 2.32. The van der Waals surface area contributed by atoms with E-state index in [0.717, 1.165) is 32.1 Å². The van der Waals surface area contributed by atoms with Gasteiger partial charge in [0.1, 0.15) is 0 Å². The van der Waals surface area contributed by atoms with Crippen molar-refractivity contribution in [1.82, 2.24) is 10.0 Å². The number of carbonyl (C=O) groups is 2. The Morgan fingerprint density at radius 2 is 1.62 bits per heavy atom. The molecule has 1 aromatic rings. The topological polar surface area (TPSA) is 104 Å². The second kappa shape index (κ2) is 10.8. The zero-order valence-corrected chi connectivity index (χ0v) is 20.2. The minimum absolute atomic E-state index is 0.0358. The lowest BCUT2D eigenvalue weighted by atomic mass is 9.77. The van der Waals surface area contributed by atoms with Gasteiger partial charge in [0.05, 0.1) is 4.90 Å². The molecule has 0 spiro atoms. The lowest BCUT2D eigenvalue weighted by Crippen LogP contribution is -2.46. The Morgan fingerprint density at radius 1 is 0.969 bits per heavy atom. The number of sulfonamides is 1. The predicted octanol–water partition coefficient (Wildman–Crippen LogP) is 3.67. The van der Waals surface area contributed by atoms with Crippen LogP contribution < -0.4 is 15.4 Å². The first-order chi connectivity index (χ1) is 15.2. The molecule has 2 saturated carbocycles. The van der Waals surface area contributed by atoms with Crippen LogP contribution in [0.5, 0.6) is 0 Å². The molecule has 0 aromatic heterocycles. The third-order valence-corrected chi connectivity index (χ3v) is 8.74. The predicted molar refractivity (Wildman–Crippen MR) is 125 cm³/mol. The largest absolute Gasteiger partial charge is 0.353 e. The molecule has 178 valence electrons. The van der Waals surface area contributed by atoms with E-state index in [1.54, 1.807) is 12.1 Å². The smallest absolute Gasteiger partial charge is 0.240 e. The van der Waals surface area contributed by atoms with Crippen molar-refractivity contribution in [3.05, 3.63) is 24.3 Å². The fraction of sp³-hybridized carbons (Fsp3) is 0.667. The number of nitrogens with one attached hydrogen (secondary N) is 3. The van der Waals surface area contributed by atoms with E-state index in [1.807, 2.05) is 0 Å². The molecule has 2 fully saturated rings. The molecule has 0 heterocycles. The molecule has 0 bridgehead atoms. The van der Waals surface area contributed by atoms with Crippen LogP contribution in [0.15, 0.2) is 29.2 Å². The number of benzene rings is 1. The van der Waals surface area contributed by atoms with Crippen molar-refractivity contribution in [2.75, 3.05) is 11.9 Å². The molecule has 7 nitrogen and oxygen atoms in total. The first kappa shape index (κ1) is 24.7. The SMILES string of the molecule is CC(=O)Nc1ccc(S(=O)(=O)NCC2CCC(C(=O)N[C@@H]3CCC[C@H](C)[C@@H]3C)CC2)cc1. The summed E-state index contributed by atoms with van der Waals surface area (Å²) < 4.78 is 27.9. The van der Waals surface area contributed by atoms with Gasteiger partial charge in [-0.3, -0.25) is 9.59 Å². The lowest BCUT2D eigenvalue weighted by Gasteiger charge is -2.36. The summed E-state index contributed by atoms with van der Waals surface area (Å²) in [5, 5.41) is 5.92. The molecule has 8 heteroatoms. The Morgan fingerprint density at radius 3 is 2.25 bits per heavy atom. The average molecular weight is 464 g/mol. The number of hydrogen-bond donors (Lipinski definition) is 3. The van der Waals surface area contributed by atoms with E-state index in [4.69, 9.17) is 0 Å². The molecular weight excluding hydrogens is 426 g/mol. The fourth-order valence-electron chi connectivity index (χ4n) is 4.95. The van der Waals surface area contributed by atoms with Crippen LogP contribution in [0.4, 0.5) is 5.69 Å². The van der Waals surface area contributed by atoms with E-state index < -0.39 is 10.0 Å². The first-order valence-electron chi connectivity index (χ1n) is 11.8. The Labute approximate surface area is 192 Å². The molecule has 2 amide bonds. The quantitative estimate of drug-likeness (QED) is 0.574. The number of hydrogen-bond acceptors (Lipinski definition) is 4. The summed E-state index contributed by atoms with van der Waals surface area (Å²) in [6, 6.07) is 6.42. The van der Waals surface area contributed by atoms with Gasteiger partial charge in [-0.1, -0.05) is 26.7 Å². The van der Waals surface area contributed by atoms with Gasteiger partial charge in [0.2, 0.25) is 21.8 Å². The summed E-state index contributed by atoms with van der Waals surface area (Å²) in [4.78, 5) is 24.0. The van der Waals surface area contributed by atoms with Crippen molar-refractivity contribution in [2.24, 2.45) is 23.7 Å². The van der Waals surface area contributed by atoms with Gasteiger partial charge in [-0.25, -0.2) is 13.1 Å². The second-order valence-corrected chi connectivity index (χ2v) is 11.4. The highest BCUT2D eigenvalue weighted by molar-refractivity contribution is 7.89. The second-order valence-electron chi connectivity index (χ2n) is 9.66. The third kappa shape index (κ3) is 6.54. The van der Waals surface area contributed by atoms with Gasteiger partial charge in [0.15, 0.2) is 0 Å². The Hall–Kier alpha value is -1.93. The van der Waals surface area contributed by atoms with Gasteiger partial charge >= 0.3 is 0 Å². The summed E-state index contributed by atoms with van der Waals surface area (Å²) in [7, 11) is -3.61. The van der Waals surface area contributed by atoms with Gasteiger partial charge in [0.25, 0.3) is 0 Å². The van der Waals surface area contributed by atoms with E-state index in [-0.39, 0.29) is 34.6 Å². The Kier molecular flexibility index (Phi) is 8.33. The lowest BCUT2D eigenvalue weighted by molar-refractivity contribution is -0.127. The van der Waals surface area contributed by atoms with E-state index in [1.165, 1.54) is 31.9 Å². The molecule has 32 heavy (non-hydrogen) atoms. The van der Waals surface area contributed by atoms with E-state index in [0.29, 0.717) is 24.1 Å². The molecule has 3 N–H and O–H groups in total. The van der Waals surface area contributed by atoms with Crippen molar-refractivity contribution in [2.45, 2.75) is 76.7 Å². The molecule has 0 saturated heterocycles. The van der Waals surface area contributed by atoms with Crippen LogP contribution in [0, 0.1) is 23.7 Å². The van der Waals surface area contributed by atoms with E-state index in [2.05, 4.69) is 29.2 Å². The Balaban J connectivity index is 1.44. The van der Waals surface area contributed by atoms with Crippen LogP contribution >= 0.6 is 0 Å². The molecule has 2 aliphatic carbocycles. The monoisotopic (exact) mass is 463 g/mol. The minimum atomic E-state index is -3.61. The van der Waals surface area contributed by atoms with Crippen LogP contribution in [0.2, 0.25) is 0 Å². The zero-order chi connectivity index (χ0) is 23.3. The fourth-order valence-corrected chi connectivity index (χ4v) is 6.06. The first-order valence-corrected chi connectivity index (χ1v) is 13.3. The molecule has 3 atom stereocenters. The van der Waals surface area contributed by atoms with Crippen LogP contribution in [-0.4, -0.2) is 32.8 Å². The van der Waals surface area contributed by atoms with Crippen LogP contribution in [-0.2, 0) is 19.6 Å².